The summed E-state index contributed by atoms with van der Waals surface area (Å²) < 4.78 is 33.9. The van der Waals surface area contributed by atoms with Crippen molar-refractivity contribution in [3.05, 3.63) is 42.2 Å². The first-order chi connectivity index (χ1) is 10.9. The van der Waals surface area contributed by atoms with Crippen LogP contribution in [0.25, 0.3) is 10.9 Å². The molecule has 0 saturated heterocycles. The largest absolute Gasteiger partial charge is 0.364 e. The lowest BCUT2D eigenvalue weighted by Gasteiger charge is -2.07. The third kappa shape index (κ3) is 3.55. The number of anilines is 2. The van der Waals surface area contributed by atoms with E-state index < -0.39 is 10.3 Å². The number of nitrogens with one attached hydrogen (secondary N) is 2. The Balaban J connectivity index is 1.72. The maximum atomic E-state index is 10.7. The summed E-state index contributed by atoms with van der Waals surface area (Å²) in [6.07, 6.45) is 3.36. The lowest BCUT2D eigenvalue weighted by Crippen LogP contribution is -2.10. The summed E-state index contributed by atoms with van der Waals surface area (Å²) in [5.74, 6) is 0.621. The standard InChI is InChI=1S/C13H14N6O3S/c1-19-12-8-15-17-13(11(12)7-16-19)14-6-9-2-4-10(5-3-9)18-23(20,21)22/h2-5,7-8,18H,6H2,1H3,(H,14,17)(H,20,21,22). The van der Waals surface area contributed by atoms with Crippen LogP contribution in [0, 0.1) is 0 Å². The zero-order valence-electron chi connectivity index (χ0n) is 12.1. The number of hydrogen-bond acceptors (Lipinski definition) is 6. The van der Waals surface area contributed by atoms with E-state index in [0.29, 0.717) is 12.4 Å². The molecule has 0 amide bonds. The molecule has 0 aliphatic heterocycles. The van der Waals surface area contributed by atoms with Crippen molar-refractivity contribution in [2.45, 2.75) is 6.54 Å². The Labute approximate surface area is 132 Å². The van der Waals surface area contributed by atoms with Crippen LogP contribution in [0.1, 0.15) is 5.56 Å². The van der Waals surface area contributed by atoms with E-state index in [1.54, 1.807) is 41.3 Å². The van der Waals surface area contributed by atoms with Crippen molar-refractivity contribution >= 4 is 32.7 Å². The van der Waals surface area contributed by atoms with Gasteiger partial charge >= 0.3 is 10.3 Å². The topological polar surface area (TPSA) is 122 Å². The Morgan fingerprint density at radius 1 is 1.22 bits per heavy atom. The molecular weight excluding hydrogens is 320 g/mol. The minimum absolute atomic E-state index is 0.283. The molecule has 2 heterocycles. The summed E-state index contributed by atoms with van der Waals surface area (Å²) in [6, 6.07) is 6.58. The summed E-state index contributed by atoms with van der Waals surface area (Å²) in [7, 11) is -2.43. The fourth-order valence-electron chi connectivity index (χ4n) is 2.13. The van der Waals surface area contributed by atoms with Gasteiger partial charge in [0.05, 0.1) is 29.0 Å². The highest BCUT2D eigenvalue weighted by Gasteiger charge is 2.07. The van der Waals surface area contributed by atoms with E-state index in [1.807, 2.05) is 11.8 Å². The van der Waals surface area contributed by atoms with Crippen LogP contribution >= 0.6 is 0 Å². The van der Waals surface area contributed by atoms with E-state index >= 15 is 0 Å². The molecule has 0 spiro atoms. The number of nitrogens with zero attached hydrogens (tertiary/aromatic N) is 4. The van der Waals surface area contributed by atoms with Gasteiger partial charge in [-0.3, -0.25) is 14.0 Å². The van der Waals surface area contributed by atoms with E-state index in [1.165, 1.54) is 0 Å². The molecular formula is C13H14N6O3S. The van der Waals surface area contributed by atoms with Crippen LogP contribution in [0.15, 0.2) is 36.7 Å². The summed E-state index contributed by atoms with van der Waals surface area (Å²) in [5.41, 5.74) is 2.06. The molecule has 0 aliphatic carbocycles. The van der Waals surface area contributed by atoms with Crippen molar-refractivity contribution in [2.75, 3.05) is 10.0 Å². The number of fused-ring (bicyclic) bond motifs is 1. The van der Waals surface area contributed by atoms with E-state index in [-0.39, 0.29) is 5.69 Å². The van der Waals surface area contributed by atoms with E-state index in [4.69, 9.17) is 4.55 Å². The van der Waals surface area contributed by atoms with Gasteiger partial charge in [-0.25, -0.2) is 0 Å². The average Bonchev–Trinajstić information content (AvgIpc) is 2.87. The van der Waals surface area contributed by atoms with Crippen LogP contribution in [0.4, 0.5) is 11.5 Å². The summed E-state index contributed by atoms with van der Waals surface area (Å²) in [4.78, 5) is 0. The van der Waals surface area contributed by atoms with Crippen LogP contribution in [-0.4, -0.2) is 32.9 Å². The number of benzene rings is 1. The molecule has 23 heavy (non-hydrogen) atoms. The Hall–Kier alpha value is -2.72. The van der Waals surface area contributed by atoms with E-state index in [0.717, 1.165) is 16.5 Å². The minimum atomic E-state index is -4.26. The first-order valence-corrected chi connectivity index (χ1v) is 8.08. The molecule has 3 aromatic rings. The quantitative estimate of drug-likeness (QED) is 0.599. The van der Waals surface area contributed by atoms with Crippen LogP contribution < -0.4 is 10.0 Å². The number of rotatable bonds is 5. The fourth-order valence-corrected chi connectivity index (χ4v) is 2.57. The Morgan fingerprint density at radius 2 is 1.96 bits per heavy atom. The third-order valence-corrected chi connectivity index (χ3v) is 3.73. The first kappa shape index (κ1) is 15.2. The summed E-state index contributed by atoms with van der Waals surface area (Å²) >= 11 is 0. The van der Waals surface area contributed by atoms with E-state index in [9.17, 15) is 8.42 Å². The van der Waals surface area contributed by atoms with Gasteiger partial charge < -0.3 is 5.32 Å². The van der Waals surface area contributed by atoms with Crippen molar-refractivity contribution in [2.24, 2.45) is 7.05 Å². The van der Waals surface area contributed by atoms with Gasteiger partial charge in [0.1, 0.15) is 0 Å². The molecule has 0 aliphatic rings. The van der Waals surface area contributed by atoms with Crippen molar-refractivity contribution in [1.29, 1.82) is 0 Å². The van der Waals surface area contributed by atoms with Crippen LogP contribution in [0.5, 0.6) is 0 Å². The zero-order valence-corrected chi connectivity index (χ0v) is 12.9. The van der Waals surface area contributed by atoms with Gasteiger partial charge in [0.25, 0.3) is 0 Å². The second-order valence-electron chi connectivity index (χ2n) is 4.89. The second-order valence-corrected chi connectivity index (χ2v) is 6.04. The maximum absolute atomic E-state index is 10.7. The van der Waals surface area contributed by atoms with Gasteiger partial charge in [0, 0.05) is 13.6 Å². The molecule has 0 radical (unpaired) electrons. The smallest absolute Gasteiger partial charge is 0.357 e. The number of aryl methyl sites for hydroxylation is 1. The number of hydrogen-bond donors (Lipinski definition) is 3. The van der Waals surface area contributed by atoms with Gasteiger partial charge in [-0.15, -0.1) is 5.10 Å². The summed E-state index contributed by atoms with van der Waals surface area (Å²) in [6.45, 7) is 0.481. The molecule has 10 heteroatoms. The Bertz CT molecular complexity index is 936. The van der Waals surface area contributed by atoms with Gasteiger partial charge in [-0.1, -0.05) is 12.1 Å². The molecule has 9 nitrogen and oxygen atoms in total. The molecule has 3 rings (SSSR count). The van der Waals surface area contributed by atoms with Crippen molar-refractivity contribution in [3.8, 4) is 0 Å². The Morgan fingerprint density at radius 3 is 2.65 bits per heavy atom. The van der Waals surface area contributed by atoms with Gasteiger partial charge in [0.15, 0.2) is 5.82 Å². The molecule has 3 N–H and O–H groups in total. The average molecular weight is 334 g/mol. The highest BCUT2D eigenvalue weighted by atomic mass is 32.2. The SMILES string of the molecule is Cn1ncc2c(NCc3ccc(NS(=O)(=O)O)cc3)nncc21. The lowest BCUT2D eigenvalue weighted by atomic mass is 10.2. The molecule has 120 valence electrons. The van der Waals surface area contributed by atoms with Gasteiger partial charge in [-0.05, 0) is 17.7 Å². The Kier molecular flexibility index (Phi) is 3.84. The molecule has 0 atom stereocenters. The molecule has 0 bridgehead atoms. The van der Waals surface area contributed by atoms with Crippen molar-refractivity contribution < 1.29 is 13.0 Å². The van der Waals surface area contributed by atoms with Gasteiger partial charge in [-0.2, -0.15) is 18.6 Å². The van der Waals surface area contributed by atoms with Gasteiger partial charge in [0.2, 0.25) is 0 Å². The third-order valence-electron chi connectivity index (χ3n) is 3.24. The molecule has 0 fully saturated rings. The van der Waals surface area contributed by atoms with E-state index in [2.05, 4.69) is 20.6 Å². The lowest BCUT2D eigenvalue weighted by molar-refractivity contribution is 0.489. The van der Waals surface area contributed by atoms with Crippen LogP contribution in [0.2, 0.25) is 0 Å². The van der Waals surface area contributed by atoms with Crippen LogP contribution in [0.3, 0.4) is 0 Å². The molecule has 0 unspecified atom stereocenters. The minimum Gasteiger partial charge on any atom is -0.364 e. The molecule has 1 aromatic carbocycles. The monoisotopic (exact) mass is 334 g/mol. The fraction of sp³-hybridized carbons (Fsp3) is 0.154. The highest BCUT2D eigenvalue weighted by molar-refractivity contribution is 7.87. The predicted molar refractivity (Wildman–Crippen MR) is 85.2 cm³/mol. The zero-order chi connectivity index (χ0) is 16.4. The molecule has 0 saturated carbocycles. The molecule has 2 aromatic heterocycles. The first-order valence-electron chi connectivity index (χ1n) is 6.64. The maximum Gasteiger partial charge on any atom is 0.357 e. The summed E-state index contributed by atoms with van der Waals surface area (Å²) in [5, 5.41) is 16.2. The van der Waals surface area contributed by atoms with Crippen LogP contribution in [-0.2, 0) is 23.9 Å². The second kappa shape index (κ2) is 5.82. The highest BCUT2D eigenvalue weighted by Crippen LogP contribution is 2.19. The normalized spacial score (nSPS) is 11.6. The predicted octanol–water partition coefficient (Wildman–Crippen LogP) is 1.19. The number of aromatic nitrogens is 4. The van der Waals surface area contributed by atoms with Crippen molar-refractivity contribution in [1.82, 2.24) is 20.0 Å². The van der Waals surface area contributed by atoms with Crippen molar-refractivity contribution in [3.63, 3.8) is 0 Å².